The van der Waals surface area contributed by atoms with E-state index >= 15 is 0 Å². The quantitative estimate of drug-likeness (QED) is 0.573. The predicted octanol–water partition coefficient (Wildman–Crippen LogP) is 4.27. The molecule has 0 saturated heterocycles. The maximum absolute atomic E-state index is 12.7. The van der Waals surface area contributed by atoms with Gasteiger partial charge in [0, 0.05) is 48.2 Å². The molecular weight excluding hydrogens is 402 g/mol. The minimum absolute atomic E-state index is 0.0820. The Kier molecular flexibility index (Phi) is 6.04. The van der Waals surface area contributed by atoms with Gasteiger partial charge in [0.25, 0.3) is 0 Å². The zero-order chi connectivity index (χ0) is 21.1. The third-order valence-corrected chi connectivity index (χ3v) is 5.86. The van der Waals surface area contributed by atoms with Crippen molar-refractivity contribution in [1.82, 2.24) is 14.5 Å². The van der Waals surface area contributed by atoms with Crippen LogP contribution in [0.5, 0.6) is 0 Å². The standard InChI is InChI=1S/C23H24ClN3O3/c24-17-6-3-5-16(13-17)14-27-20-15-26(21(28)8-1-2-9-22(29)30)12-10-18(20)19-7-4-11-25-23(19)27/h3-7,11,13H,1-2,8-10,12,14-15H2,(H,29,30). The van der Waals surface area contributed by atoms with E-state index in [4.69, 9.17) is 16.7 Å². The van der Waals surface area contributed by atoms with E-state index in [2.05, 4.69) is 15.6 Å². The number of halogens is 1. The fraction of sp³-hybridized carbons (Fsp3) is 0.348. The Bertz CT molecular complexity index is 1090. The monoisotopic (exact) mass is 425 g/mol. The molecule has 0 atom stereocenters. The summed E-state index contributed by atoms with van der Waals surface area (Å²) in [6, 6.07) is 11.8. The summed E-state index contributed by atoms with van der Waals surface area (Å²) >= 11 is 6.18. The van der Waals surface area contributed by atoms with Crippen LogP contribution in [0, 0.1) is 0 Å². The molecule has 0 radical (unpaired) electrons. The third-order valence-electron chi connectivity index (χ3n) is 5.63. The minimum Gasteiger partial charge on any atom is -0.481 e. The van der Waals surface area contributed by atoms with Crippen LogP contribution < -0.4 is 0 Å². The van der Waals surface area contributed by atoms with Crippen LogP contribution in [0.4, 0.5) is 0 Å². The molecule has 156 valence electrons. The fourth-order valence-corrected chi connectivity index (χ4v) is 4.38. The summed E-state index contributed by atoms with van der Waals surface area (Å²) in [5, 5.41) is 10.6. The van der Waals surface area contributed by atoms with Gasteiger partial charge in [-0.1, -0.05) is 23.7 Å². The topological polar surface area (TPSA) is 75.4 Å². The number of pyridine rings is 1. The van der Waals surface area contributed by atoms with Gasteiger partial charge >= 0.3 is 5.97 Å². The molecule has 0 aliphatic carbocycles. The number of carbonyl (C=O) groups is 2. The molecule has 1 aromatic carbocycles. The number of hydrogen-bond donors (Lipinski definition) is 1. The summed E-state index contributed by atoms with van der Waals surface area (Å²) in [6.07, 6.45) is 4.21. The van der Waals surface area contributed by atoms with Crippen LogP contribution in [0.2, 0.25) is 5.02 Å². The maximum Gasteiger partial charge on any atom is 0.303 e. The lowest BCUT2D eigenvalue weighted by Gasteiger charge is -2.28. The van der Waals surface area contributed by atoms with Crippen molar-refractivity contribution >= 4 is 34.5 Å². The van der Waals surface area contributed by atoms with Gasteiger partial charge in [-0.05, 0) is 54.7 Å². The summed E-state index contributed by atoms with van der Waals surface area (Å²) < 4.78 is 2.19. The Morgan fingerprint density at radius 3 is 2.77 bits per heavy atom. The summed E-state index contributed by atoms with van der Waals surface area (Å²) in [4.78, 5) is 29.9. The highest BCUT2D eigenvalue weighted by molar-refractivity contribution is 6.30. The molecule has 2 aromatic heterocycles. The Balaban J connectivity index is 1.58. The summed E-state index contributed by atoms with van der Waals surface area (Å²) in [5.74, 6) is -0.735. The lowest BCUT2D eigenvalue weighted by atomic mass is 10.0. The first kappa shape index (κ1) is 20.4. The summed E-state index contributed by atoms with van der Waals surface area (Å²) in [6.45, 7) is 1.87. The zero-order valence-electron chi connectivity index (χ0n) is 16.7. The molecule has 6 nitrogen and oxygen atoms in total. The molecule has 0 spiro atoms. The second kappa shape index (κ2) is 8.88. The first-order valence-electron chi connectivity index (χ1n) is 10.2. The van der Waals surface area contributed by atoms with Gasteiger partial charge in [-0.25, -0.2) is 4.98 Å². The minimum atomic E-state index is -0.817. The van der Waals surface area contributed by atoms with E-state index in [0.717, 1.165) is 28.7 Å². The Morgan fingerprint density at radius 1 is 1.13 bits per heavy atom. The molecule has 3 aromatic rings. The molecule has 1 aliphatic rings. The molecule has 1 amide bonds. The average Bonchev–Trinajstić information content (AvgIpc) is 3.04. The number of aromatic nitrogens is 2. The van der Waals surface area contributed by atoms with Crippen molar-refractivity contribution in [3.63, 3.8) is 0 Å². The van der Waals surface area contributed by atoms with Crippen LogP contribution in [-0.2, 0) is 29.1 Å². The molecule has 0 saturated carbocycles. The number of aliphatic carboxylic acids is 1. The number of benzene rings is 1. The van der Waals surface area contributed by atoms with Gasteiger partial charge < -0.3 is 14.6 Å². The number of amides is 1. The van der Waals surface area contributed by atoms with Crippen molar-refractivity contribution < 1.29 is 14.7 Å². The number of carboxylic acids is 1. The van der Waals surface area contributed by atoms with Gasteiger partial charge in [-0.15, -0.1) is 0 Å². The van der Waals surface area contributed by atoms with Crippen molar-refractivity contribution in [2.45, 2.75) is 45.2 Å². The summed E-state index contributed by atoms with van der Waals surface area (Å²) in [7, 11) is 0. The first-order chi connectivity index (χ1) is 14.5. The molecule has 0 fully saturated rings. The van der Waals surface area contributed by atoms with E-state index < -0.39 is 5.97 Å². The number of unbranched alkanes of at least 4 members (excludes halogenated alkanes) is 1. The van der Waals surface area contributed by atoms with Crippen molar-refractivity contribution in [2.75, 3.05) is 6.54 Å². The van der Waals surface area contributed by atoms with Crippen molar-refractivity contribution in [3.05, 3.63) is 64.4 Å². The Morgan fingerprint density at radius 2 is 1.97 bits per heavy atom. The number of rotatable bonds is 7. The second-order valence-electron chi connectivity index (χ2n) is 7.68. The molecule has 0 unspecified atom stereocenters. The first-order valence-corrected chi connectivity index (χ1v) is 10.6. The maximum atomic E-state index is 12.7. The van der Waals surface area contributed by atoms with Gasteiger partial charge in [0.2, 0.25) is 5.91 Å². The van der Waals surface area contributed by atoms with Gasteiger partial charge in [-0.3, -0.25) is 9.59 Å². The molecular formula is C23H24ClN3O3. The number of nitrogens with zero attached hydrogens (tertiary/aromatic N) is 3. The van der Waals surface area contributed by atoms with Crippen LogP contribution in [0.15, 0.2) is 42.6 Å². The van der Waals surface area contributed by atoms with Crippen LogP contribution in [0.1, 0.15) is 42.5 Å². The normalized spacial score (nSPS) is 13.4. The van der Waals surface area contributed by atoms with Crippen molar-refractivity contribution in [3.8, 4) is 0 Å². The number of hydrogen-bond acceptors (Lipinski definition) is 3. The van der Waals surface area contributed by atoms with Crippen molar-refractivity contribution in [2.24, 2.45) is 0 Å². The third kappa shape index (κ3) is 4.33. The van der Waals surface area contributed by atoms with E-state index in [1.807, 2.05) is 35.2 Å². The molecule has 7 heteroatoms. The van der Waals surface area contributed by atoms with E-state index in [9.17, 15) is 9.59 Å². The highest BCUT2D eigenvalue weighted by atomic mass is 35.5. The molecule has 0 bridgehead atoms. The number of carbonyl (C=O) groups excluding carboxylic acids is 1. The van der Waals surface area contributed by atoms with Crippen LogP contribution >= 0.6 is 11.6 Å². The Labute approximate surface area is 180 Å². The number of carboxylic acid groups (broad SMARTS) is 1. The van der Waals surface area contributed by atoms with E-state index in [1.165, 1.54) is 5.56 Å². The smallest absolute Gasteiger partial charge is 0.303 e. The lowest BCUT2D eigenvalue weighted by molar-refractivity contribution is -0.137. The highest BCUT2D eigenvalue weighted by Crippen LogP contribution is 2.31. The van der Waals surface area contributed by atoms with Gasteiger partial charge in [0.1, 0.15) is 5.65 Å². The molecule has 3 heterocycles. The van der Waals surface area contributed by atoms with Crippen LogP contribution in [-0.4, -0.2) is 38.0 Å². The lowest BCUT2D eigenvalue weighted by Crippen LogP contribution is -2.36. The second-order valence-corrected chi connectivity index (χ2v) is 8.12. The SMILES string of the molecule is O=C(O)CCCCC(=O)N1CCc2c(n(Cc3cccc(Cl)c3)c3ncccc23)C1. The average molecular weight is 426 g/mol. The van der Waals surface area contributed by atoms with E-state index in [-0.39, 0.29) is 12.3 Å². The van der Waals surface area contributed by atoms with Crippen molar-refractivity contribution in [1.29, 1.82) is 0 Å². The van der Waals surface area contributed by atoms with E-state index in [1.54, 1.807) is 6.20 Å². The predicted molar refractivity (Wildman–Crippen MR) is 116 cm³/mol. The number of fused-ring (bicyclic) bond motifs is 3. The largest absolute Gasteiger partial charge is 0.481 e. The summed E-state index contributed by atoms with van der Waals surface area (Å²) in [5.41, 5.74) is 4.40. The van der Waals surface area contributed by atoms with Gasteiger partial charge in [0.15, 0.2) is 0 Å². The zero-order valence-corrected chi connectivity index (χ0v) is 17.4. The molecule has 1 N–H and O–H groups in total. The van der Waals surface area contributed by atoms with Gasteiger partial charge in [0.05, 0.1) is 6.54 Å². The Hall–Kier alpha value is -2.86. The fourth-order valence-electron chi connectivity index (χ4n) is 4.17. The van der Waals surface area contributed by atoms with Crippen LogP contribution in [0.25, 0.3) is 11.0 Å². The van der Waals surface area contributed by atoms with Gasteiger partial charge in [-0.2, -0.15) is 0 Å². The highest BCUT2D eigenvalue weighted by Gasteiger charge is 2.27. The van der Waals surface area contributed by atoms with Crippen LogP contribution in [0.3, 0.4) is 0 Å². The molecule has 4 rings (SSSR count). The van der Waals surface area contributed by atoms with E-state index in [0.29, 0.717) is 43.9 Å². The molecule has 1 aliphatic heterocycles. The molecule has 30 heavy (non-hydrogen) atoms.